The fourth-order valence-corrected chi connectivity index (χ4v) is 1.94. The molecule has 0 aromatic heterocycles. The number of para-hydroxylation sites is 1. The first-order valence-corrected chi connectivity index (χ1v) is 5.41. The van der Waals surface area contributed by atoms with Crippen LogP contribution in [-0.4, -0.2) is 17.8 Å². The zero-order valence-electron chi connectivity index (χ0n) is 8.98. The van der Waals surface area contributed by atoms with Crippen LogP contribution in [0, 0.1) is 17.2 Å². The van der Waals surface area contributed by atoms with E-state index in [2.05, 4.69) is 11.4 Å². The summed E-state index contributed by atoms with van der Waals surface area (Å²) in [5.41, 5.74) is 7.64. The molecule has 0 bridgehead atoms. The molecule has 0 amide bonds. The number of hydrogen-bond donors (Lipinski definition) is 3. The van der Waals surface area contributed by atoms with E-state index in [4.69, 9.17) is 16.1 Å². The second kappa shape index (κ2) is 4.42. The third-order valence-corrected chi connectivity index (χ3v) is 3.02. The molecule has 0 radical (unpaired) electrons. The third kappa shape index (κ3) is 2.10. The molecule has 4 nitrogen and oxygen atoms in total. The maximum atomic E-state index is 9.16. The van der Waals surface area contributed by atoms with E-state index < -0.39 is 0 Å². The summed E-state index contributed by atoms with van der Waals surface area (Å²) in [7, 11) is 0. The van der Waals surface area contributed by atoms with Crippen molar-refractivity contribution in [1.29, 1.82) is 5.26 Å². The first-order valence-electron chi connectivity index (χ1n) is 5.41. The van der Waals surface area contributed by atoms with Gasteiger partial charge in [0.2, 0.25) is 0 Å². The van der Waals surface area contributed by atoms with E-state index >= 15 is 0 Å². The van der Waals surface area contributed by atoms with Crippen molar-refractivity contribution in [2.75, 3.05) is 17.6 Å². The van der Waals surface area contributed by atoms with Crippen LogP contribution in [0.3, 0.4) is 0 Å². The number of benzene rings is 1. The maximum absolute atomic E-state index is 9.16. The standard InChI is InChI=1S/C12H15N3O/c13-6-9-2-1-3-11(12(9)14)15-7-8-4-10(16)5-8/h1-3,8,10,15-16H,4-5,7,14H2. The summed E-state index contributed by atoms with van der Waals surface area (Å²) in [6.45, 7) is 0.802. The normalized spacial score (nSPS) is 23.2. The fourth-order valence-electron chi connectivity index (χ4n) is 1.94. The number of nitriles is 1. The highest BCUT2D eigenvalue weighted by atomic mass is 16.3. The third-order valence-electron chi connectivity index (χ3n) is 3.02. The molecule has 4 N–H and O–H groups in total. The topological polar surface area (TPSA) is 82.1 Å². The molecule has 1 aromatic rings. The van der Waals surface area contributed by atoms with Gasteiger partial charge in [-0.25, -0.2) is 0 Å². The summed E-state index contributed by atoms with van der Waals surface area (Å²) in [5.74, 6) is 0.514. The van der Waals surface area contributed by atoms with Crippen LogP contribution in [0.4, 0.5) is 11.4 Å². The van der Waals surface area contributed by atoms with E-state index in [1.54, 1.807) is 6.07 Å². The summed E-state index contributed by atoms with van der Waals surface area (Å²) in [6.07, 6.45) is 1.57. The number of hydrogen-bond acceptors (Lipinski definition) is 4. The molecule has 1 aromatic carbocycles. The Morgan fingerprint density at radius 1 is 1.50 bits per heavy atom. The van der Waals surface area contributed by atoms with Gasteiger partial charge in [-0.3, -0.25) is 0 Å². The summed E-state index contributed by atoms with van der Waals surface area (Å²) in [6, 6.07) is 7.43. The molecular weight excluding hydrogens is 202 g/mol. The predicted octanol–water partition coefficient (Wildman–Crippen LogP) is 1.32. The minimum absolute atomic E-state index is 0.130. The molecule has 0 unspecified atom stereocenters. The van der Waals surface area contributed by atoms with Crippen molar-refractivity contribution in [3.63, 3.8) is 0 Å². The van der Waals surface area contributed by atoms with Gasteiger partial charge in [0.15, 0.2) is 0 Å². The molecule has 0 aliphatic heterocycles. The van der Waals surface area contributed by atoms with E-state index in [-0.39, 0.29) is 6.10 Å². The minimum atomic E-state index is -0.130. The lowest BCUT2D eigenvalue weighted by atomic mass is 9.82. The molecule has 4 heteroatoms. The highest BCUT2D eigenvalue weighted by Crippen LogP contribution is 2.29. The van der Waals surface area contributed by atoms with Crippen molar-refractivity contribution in [3.05, 3.63) is 23.8 Å². The number of aliphatic hydroxyl groups is 1. The first kappa shape index (κ1) is 10.8. The Morgan fingerprint density at radius 2 is 2.25 bits per heavy atom. The van der Waals surface area contributed by atoms with E-state index in [1.807, 2.05) is 12.1 Å². The largest absolute Gasteiger partial charge is 0.396 e. The Bertz CT molecular complexity index is 419. The average molecular weight is 217 g/mol. The lowest BCUT2D eigenvalue weighted by Gasteiger charge is -2.31. The van der Waals surface area contributed by atoms with Crippen molar-refractivity contribution >= 4 is 11.4 Å². The van der Waals surface area contributed by atoms with Gasteiger partial charge in [0.05, 0.1) is 23.0 Å². The van der Waals surface area contributed by atoms with Crippen LogP contribution in [0.25, 0.3) is 0 Å². The number of nitrogen functional groups attached to an aromatic ring is 1. The molecule has 1 aliphatic carbocycles. The lowest BCUT2D eigenvalue weighted by Crippen LogP contribution is -2.33. The molecule has 84 valence electrons. The second-order valence-electron chi connectivity index (χ2n) is 4.25. The van der Waals surface area contributed by atoms with Crippen molar-refractivity contribution in [2.45, 2.75) is 18.9 Å². The van der Waals surface area contributed by atoms with Crippen molar-refractivity contribution < 1.29 is 5.11 Å². The van der Waals surface area contributed by atoms with Crippen LogP contribution < -0.4 is 11.1 Å². The number of nitrogens with zero attached hydrogens (tertiary/aromatic N) is 1. The molecular formula is C12H15N3O. The predicted molar refractivity (Wildman–Crippen MR) is 62.8 cm³/mol. The van der Waals surface area contributed by atoms with Crippen LogP contribution in [0.2, 0.25) is 0 Å². The first-order chi connectivity index (χ1) is 7.70. The number of rotatable bonds is 3. The Kier molecular flexibility index (Phi) is 2.97. The Labute approximate surface area is 94.7 Å². The zero-order valence-corrected chi connectivity index (χ0v) is 8.98. The highest BCUT2D eigenvalue weighted by Gasteiger charge is 2.26. The Hall–Kier alpha value is -1.73. The molecule has 2 rings (SSSR count). The molecule has 16 heavy (non-hydrogen) atoms. The van der Waals surface area contributed by atoms with Gasteiger partial charge in [0, 0.05) is 6.54 Å². The van der Waals surface area contributed by atoms with Crippen molar-refractivity contribution in [3.8, 4) is 6.07 Å². The fraction of sp³-hybridized carbons (Fsp3) is 0.417. The van der Waals surface area contributed by atoms with Gasteiger partial charge in [-0.1, -0.05) is 6.07 Å². The van der Waals surface area contributed by atoms with Gasteiger partial charge >= 0.3 is 0 Å². The van der Waals surface area contributed by atoms with Crippen molar-refractivity contribution in [1.82, 2.24) is 0 Å². The van der Waals surface area contributed by atoms with E-state index in [9.17, 15) is 0 Å². The smallest absolute Gasteiger partial charge is 0.101 e. The second-order valence-corrected chi connectivity index (χ2v) is 4.25. The summed E-state index contributed by atoms with van der Waals surface area (Å²) < 4.78 is 0. The van der Waals surface area contributed by atoms with Crippen LogP contribution in [-0.2, 0) is 0 Å². The molecule has 1 fully saturated rings. The van der Waals surface area contributed by atoms with Gasteiger partial charge in [0.25, 0.3) is 0 Å². The number of anilines is 2. The summed E-state index contributed by atoms with van der Waals surface area (Å²) in [5, 5.41) is 21.2. The lowest BCUT2D eigenvalue weighted by molar-refractivity contribution is 0.0487. The zero-order chi connectivity index (χ0) is 11.5. The quantitative estimate of drug-likeness (QED) is 0.667. The Morgan fingerprint density at radius 3 is 2.88 bits per heavy atom. The van der Waals surface area contributed by atoms with E-state index in [0.717, 1.165) is 25.1 Å². The van der Waals surface area contributed by atoms with Gasteiger partial charge < -0.3 is 16.2 Å². The molecule has 1 saturated carbocycles. The van der Waals surface area contributed by atoms with Gasteiger partial charge in [0.1, 0.15) is 6.07 Å². The highest BCUT2D eigenvalue weighted by molar-refractivity contribution is 5.72. The Balaban J connectivity index is 1.97. The van der Waals surface area contributed by atoms with Crippen LogP contribution in [0.5, 0.6) is 0 Å². The van der Waals surface area contributed by atoms with Crippen LogP contribution >= 0.6 is 0 Å². The average Bonchev–Trinajstić information content (AvgIpc) is 2.24. The van der Waals surface area contributed by atoms with E-state index in [0.29, 0.717) is 17.2 Å². The SMILES string of the molecule is N#Cc1cccc(NCC2CC(O)C2)c1N. The van der Waals surface area contributed by atoms with E-state index in [1.165, 1.54) is 0 Å². The van der Waals surface area contributed by atoms with Crippen molar-refractivity contribution in [2.24, 2.45) is 5.92 Å². The van der Waals surface area contributed by atoms with Gasteiger partial charge in [-0.2, -0.15) is 5.26 Å². The maximum Gasteiger partial charge on any atom is 0.101 e. The van der Waals surface area contributed by atoms with Crippen LogP contribution in [0.15, 0.2) is 18.2 Å². The molecule has 0 heterocycles. The van der Waals surface area contributed by atoms with Gasteiger partial charge in [-0.15, -0.1) is 0 Å². The number of nitrogens with two attached hydrogens (primary N) is 1. The molecule has 0 saturated heterocycles. The summed E-state index contributed by atoms with van der Waals surface area (Å²) in [4.78, 5) is 0. The molecule has 0 spiro atoms. The number of nitrogens with one attached hydrogen (secondary N) is 1. The minimum Gasteiger partial charge on any atom is -0.396 e. The van der Waals surface area contributed by atoms with Crippen LogP contribution in [0.1, 0.15) is 18.4 Å². The van der Waals surface area contributed by atoms with Gasteiger partial charge in [-0.05, 0) is 30.9 Å². The summed E-state index contributed by atoms with van der Waals surface area (Å²) >= 11 is 0. The molecule has 0 atom stereocenters. The molecule has 1 aliphatic rings. The monoisotopic (exact) mass is 217 g/mol. The number of aliphatic hydroxyl groups excluding tert-OH is 1.